The number of rotatable bonds is 6. The van der Waals surface area contributed by atoms with E-state index < -0.39 is 23.6 Å². The number of carbonyl (C=O) groups is 1. The summed E-state index contributed by atoms with van der Waals surface area (Å²) in [6.45, 7) is 3.50. The van der Waals surface area contributed by atoms with E-state index in [1.54, 1.807) is 49.3 Å². The van der Waals surface area contributed by atoms with Crippen LogP contribution in [0.1, 0.15) is 46.4 Å². The Labute approximate surface area is 229 Å². The molecule has 1 aliphatic rings. The largest absolute Gasteiger partial charge is 0.573 e. The van der Waals surface area contributed by atoms with E-state index >= 15 is 0 Å². The number of ether oxygens (including phenoxy) is 1. The molecule has 0 aliphatic heterocycles. The Bertz CT molecular complexity index is 1770. The SMILES string of the molecule is Cc1noc(C)c1-c1cnc2c(c1)c(-c1c(Cl)cc(C(=O)O)cc1OC(F)(F)F)cn2-c1cnc(C2CC2)nc1. The first-order chi connectivity index (χ1) is 19.0. The highest BCUT2D eigenvalue weighted by Crippen LogP contribution is 2.45. The maximum Gasteiger partial charge on any atom is 0.573 e. The smallest absolute Gasteiger partial charge is 0.478 e. The molecule has 1 fully saturated rings. The number of halogens is 4. The van der Waals surface area contributed by atoms with E-state index in [9.17, 15) is 23.1 Å². The molecule has 204 valence electrons. The number of carboxylic acids is 1. The molecule has 1 saturated carbocycles. The van der Waals surface area contributed by atoms with Crippen molar-refractivity contribution in [3.63, 3.8) is 0 Å². The van der Waals surface area contributed by atoms with Crippen molar-refractivity contribution in [2.75, 3.05) is 0 Å². The highest BCUT2D eigenvalue weighted by Gasteiger charge is 2.34. The Kier molecular flexibility index (Phi) is 6.02. The second kappa shape index (κ2) is 9.33. The lowest BCUT2D eigenvalue weighted by molar-refractivity contribution is -0.274. The average molecular weight is 570 g/mol. The zero-order chi connectivity index (χ0) is 28.3. The molecular formula is C27H19ClF3N5O4. The number of alkyl halides is 3. The lowest BCUT2D eigenvalue weighted by atomic mass is 9.99. The molecule has 0 atom stereocenters. The van der Waals surface area contributed by atoms with Crippen molar-refractivity contribution in [3.8, 4) is 33.7 Å². The number of fused-ring (bicyclic) bond motifs is 1. The van der Waals surface area contributed by atoms with E-state index in [4.69, 9.17) is 16.1 Å². The third-order valence-corrected chi connectivity index (χ3v) is 6.94. The zero-order valence-electron chi connectivity index (χ0n) is 21.0. The van der Waals surface area contributed by atoms with Crippen LogP contribution in [0.15, 0.2) is 47.5 Å². The molecule has 1 aromatic carbocycles. The standard InChI is InChI=1S/C27H19ClF3N5O4/c1-12-22(13(2)40-35-12)16-5-18-19(23-20(28)6-15(26(37)38)7-21(23)39-27(29,30)31)11-36(25(18)34-8-16)17-9-32-24(33-10-17)14-3-4-14/h5-11,14H,3-4H2,1-2H3,(H,37,38). The second-order valence-electron chi connectivity index (χ2n) is 9.47. The first-order valence-corrected chi connectivity index (χ1v) is 12.5. The Morgan fingerprint density at radius 3 is 2.42 bits per heavy atom. The fraction of sp³-hybridized carbons (Fsp3) is 0.222. The van der Waals surface area contributed by atoms with Crippen molar-refractivity contribution in [2.45, 2.75) is 39.0 Å². The molecule has 6 rings (SSSR count). The molecule has 0 bridgehead atoms. The van der Waals surface area contributed by atoms with Crippen molar-refractivity contribution < 1.29 is 32.3 Å². The van der Waals surface area contributed by atoms with Crippen molar-refractivity contribution in [2.24, 2.45) is 0 Å². The lowest BCUT2D eigenvalue weighted by Gasteiger charge is -2.15. The Balaban J connectivity index is 1.62. The maximum atomic E-state index is 13.5. The van der Waals surface area contributed by atoms with Crippen LogP contribution in [0.5, 0.6) is 5.75 Å². The van der Waals surface area contributed by atoms with E-state index in [0.29, 0.717) is 45.2 Å². The van der Waals surface area contributed by atoms with Gasteiger partial charge in [-0.3, -0.25) is 4.57 Å². The second-order valence-corrected chi connectivity index (χ2v) is 9.87. The van der Waals surface area contributed by atoms with Gasteiger partial charge in [0.05, 0.1) is 34.4 Å². The number of hydrogen-bond donors (Lipinski definition) is 1. The lowest BCUT2D eigenvalue weighted by Crippen LogP contribution is -2.18. The minimum absolute atomic E-state index is 0.152. The van der Waals surface area contributed by atoms with E-state index in [1.165, 1.54) is 0 Å². The van der Waals surface area contributed by atoms with Gasteiger partial charge in [-0.15, -0.1) is 13.2 Å². The van der Waals surface area contributed by atoms with Gasteiger partial charge < -0.3 is 14.4 Å². The summed E-state index contributed by atoms with van der Waals surface area (Å²) >= 11 is 6.46. The van der Waals surface area contributed by atoms with Crippen LogP contribution in [0.2, 0.25) is 5.02 Å². The van der Waals surface area contributed by atoms with Gasteiger partial charge in [-0.2, -0.15) is 0 Å². The van der Waals surface area contributed by atoms with Gasteiger partial charge in [0.15, 0.2) is 0 Å². The van der Waals surface area contributed by atoms with Crippen LogP contribution < -0.4 is 4.74 Å². The van der Waals surface area contributed by atoms with Crippen molar-refractivity contribution in [1.82, 2.24) is 24.7 Å². The highest BCUT2D eigenvalue weighted by molar-refractivity contribution is 6.34. The van der Waals surface area contributed by atoms with Crippen LogP contribution in [0.3, 0.4) is 0 Å². The van der Waals surface area contributed by atoms with Crippen LogP contribution in [0, 0.1) is 13.8 Å². The van der Waals surface area contributed by atoms with Gasteiger partial charge in [0.25, 0.3) is 0 Å². The first-order valence-electron chi connectivity index (χ1n) is 12.1. The van der Waals surface area contributed by atoms with Crippen LogP contribution in [-0.2, 0) is 0 Å². The predicted octanol–water partition coefficient (Wildman–Crippen LogP) is 6.88. The summed E-state index contributed by atoms with van der Waals surface area (Å²) < 4.78 is 51.6. The Morgan fingerprint density at radius 2 is 1.82 bits per heavy atom. The summed E-state index contributed by atoms with van der Waals surface area (Å²) in [5.41, 5.74) is 2.41. The summed E-state index contributed by atoms with van der Waals surface area (Å²) in [5.74, 6) is -0.635. The third-order valence-electron chi connectivity index (χ3n) is 6.64. The van der Waals surface area contributed by atoms with Gasteiger partial charge in [-0.05, 0) is 44.9 Å². The van der Waals surface area contributed by atoms with Gasteiger partial charge in [0, 0.05) is 46.0 Å². The maximum absolute atomic E-state index is 13.5. The number of pyridine rings is 1. The van der Waals surface area contributed by atoms with Crippen molar-refractivity contribution in [1.29, 1.82) is 0 Å². The van der Waals surface area contributed by atoms with Crippen LogP contribution >= 0.6 is 11.6 Å². The summed E-state index contributed by atoms with van der Waals surface area (Å²) in [4.78, 5) is 25.1. The fourth-order valence-electron chi connectivity index (χ4n) is 4.71. The summed E-state index contributed by atoms with van der Waals surface area (Å²) in [7, 11) is 0. The van der Waals surface area contributed by atoms with Crippen LogP contribution in [-0.4, -0.2) is 42.1 Å². The fourth-order valence-corrected chi connectivity index (χ4v) is 5.03. The molecule has 0 amide bonds. The van der Waals surface area contributed by atoms with Gasteiger partial charge >= 0.3 is 12.3 Å². The minimum Gasteiger partial charge on any atom is -0.478 e. The number of nitrogens with zero attached hydrogens (tertiary/aromatic N) is 5. The summed E-state index contributed by atoms with van der Waals surface area (Å²) in [5, 5.41) is 13.6. The average Bonchev–Trinajstić information content (AvgIpc) is 3.60. The summed E-state index contributed by atoms with van der Waals surface area (Å²) in [6.07, 6.45) is 3.34. The number of aryl methyl sites for hydroxylation is 2. The molecule has 5 aromatic rings. The molecule has 0 spiro atoms. The third kappa shape index (κ3) is 4.64. The van der Waals surface area contributed by atoms with Crippen molar-refractivity contribution in [3.05, 3.63) is 70.9 Å². The van der Waals surface area contributed by atoms with Gasteiger partial charge in [-0.1, -0.05) is 16.8 Å². The Hall–Kier alpha value is -4.45. The highest BCUT2D eigenvalue weighted by atomic mass is 35.5. The van der Waals surface area contributed by atoms with E-state index in [2.05, 4.69) is 24.8 Å². The van der Waals surface area contributed by atoms with Gasteiger partial charge in [0.2, 0.25) is 0 Å². The minimum atomic E-state index is -5.11. The van der Waals surface area contributed by atoms with Gasteiger partial charge in [0.1, 0.15) is 23.0 Å². The molecule has 13 heteroatoms. The molecular weight excluding hydrogens is 551 g/mol. The van der Waals surface area contributed by atoms with Gasteiger partial charge in [-0.25, -0.2) is 19.7 Å². The number of hydrogen-bond acceptors (Lipinski definition) is 7. The number of benzene rings is 1. The number of carboxylic acid groups (broad SMARTS) is 1. The quantitative estimate of drug-likeness (QED) is 0.235. The first kappa shape index (κ1) is 25.8. The van der Waals surface area contributed by atoms with Crippen molar-refractivity contribution >= 4 is 28.6 Å². The molecule has 9 nitrogen and oxygen atoms in total. The normalized spacial score (nSPS) is 13.7. The van der Waals surface area contributed by atoms with E-state index in [0.717, 1.165) is 30.8 Å². The predicted molar refractivity (Wildman–Crippen MR) is 138 cm³/mol. The van der Waals surface area contributed by atoms with Crippen LogP contribution in [0.4, 0.5) is 13.2 Å². The molecule has 1 N–H and O–H groups in total. The molecule has 4 heterocycles. The van der Waals surface area contributed by atoms with E-state index in [1.807, 2.05) is 0 Å². The molecule has 4 aromatic heterocycles. The Morgan fingerprint density at radius 1 is 1.10 bits per heavy atom. The monoisotopic (exact) mass is 569 g/mol. The molecule has 0 unspecified atom stereocenters. The number of aromatic carboxylic acids is 1. The van der Waals surface area contributed by atoms with Crippen LogP contribution in [0.25, 0.3) is 39.0 Å². The summed E-state index contributed by atoms with van der Waals surface area (Å²) in [6, 6.07) is 3.60. The number of aromatic nitrogens is 5. The topological polar surface area (TPSA) is 116 Å². The zero-order valence-corrected chi connectivity index (χ0v) is 21.7. The molecule has 1 aliphatic carbocycles. The molecule has 40 heavy (non-hydrogen) atoms. The van der Waals surface area contributed by atoms with E-state index in [-0.39, 0.29) is 16.1 Å². The molecule has 0 saturated heterocycles. The molecule has 0 radical (unpaired) electrons.